The summed E-state index contributed by atoms with van der Waals surface area (Å²) >= 11 is 0. The number of aliphatic hydroxyl groups is 1. The van der Waals surface area contributed by atoms with Gasteiger partial charge in [-0.15, -0.1) is 0 Å². The molecule has 172 valence electrons. The highest BCUT2D eigenvalue weighted by molar-refractivity contribution is 5.37. The minimum atomic E-state index is 0.160. The van der Waals surface area contributed by atoms with Crippen LogP contribution in [0.15, 0.2) is 67.3 Å². The van der Waals surface area contributed by atoms with Crippen molar-refractivity contribution < 1.29 is 9.84 Å². The average molecular weight is 436 g/mol. The fourth-order valence-corrected chi connectivity index (χ4v) is 2.92. The molecular weight excluding hydrogens is 398 g/mol. The zero-order valence-corrected chi connectivity index (χ0v) is 20.2. The van der Waals surface area contributed by atoms with Crippen molar-refractivity contribution in [3.8, 4) is 11.5 Å². The van der Waals surface area contributed by atoms with Gasteiger partial charge in [0.15, 0.2) is 0 Å². The van der Waals surface area contributed by atoms with Gasteiger partial charge in [-0.1, -0.05) is 65.8 Å². The van der Waals surface area contributed by atoms with E-state index in [2.05, 4.69) is 81.1 Å². The third-order valence-electron chi connectivity index (χ3n) is 4.91. The van der Waals surface area contributed by atoms with E-state index in [-0.39, 0.29) is 17.4 Å². The molecule has 0 aliphatic carbocycles. The molecule has 32 heavy (non-hydrogen) atoms. The van der Waals surface area contributed by atoms with Gasteiger partial charge in [0.05, 0.1) is 6.61 Å². The number of rotatable bonds is 6. The lowest BCUT2D eigenvalue weighted by atomic mass is 9.87. The van der Waals surface area contributed by atoms with Gasteiger partial charge in [0.1, 0.15) is 17.8 Å². The first kappa shape index (κ1) is 25.5. The van der Waals surface area contributed by atoms with E-state index >= 15 is 0 Å². The maximum Gasteiger partial charge on any atom is 0.127 e. The lowest BCUT2D eigenvalue weighted by Crippen LogP contribution is -2.17. The lowest BCUT2D eigenvalue weighted by molar-refractivity contribution is 0.292. The first-order valence-corrected chi connectivity index (χ1v) is 11.0. The van der Waals surface area contributed by atoms with Gasteiger partial charge < -0.3 is 15.2 Å². The normalized spacial score (nSPS) is 11.5. The second-order valence-corrected chi connectivity index (χ2v) is 9.80. The van der Waals surface area contributed by atoms with E-state index in [1.807, 2.05) is 24.3 Å². The largest absolute Gasteiger partial charge is 0.457 e. The second-order valence-electron chi connectivity index (χ2n) is 9.80. The van der Waals surface area contributed by atoms with E-state index in [9.17, 15) is 0 Å². The molecule has 0 atom stereocenters. The van der Waals surface area contributed by atoms with E-state index in [0.717, 1.165) is 17.1 Å². The molecule has 0 fully saturated rings. The summed E-state index contributed by atoms with van der Waals surface area (Å²) in [6.07, 6.45) is 4.99. The molecule has 1 aromatic heterocycles. The number of nitrogens with one attached hydrogen (secondary N) is 1. The molecule has 3 rings (SSSR count). The summed E-state index contributed by atoms with van der Waals surface area (Å²) < 4.78 is 5.91. The minimum Gasteiger partial charge on any atom is -0.457 e. The lowest BCUT2D eigenvalue weighted by Gasteiger charge is -2.20. The fraction of sp³-hybridized carbons (Fsp3) is 0.407. The van der Waals surface area contributed by atoms with Crippen molar-refractivity contribution in [2.24, 2.45) is 0 Å². The number of hydrogen-bond donors (Lipinski definition) is 2. The third kappa shape index (κ3) is 8.77. The van der Waals surface area contributed by atoms with Gasteiger partial charge in [-0.05, 0) is 46.2 Å². The van der Waals surface area contributed by atoms with Crippen LogP contribution in [0.25, 0.3) is 0 Å². The van der Waals surface area contributed by atoms with Gasteiger partial charge in [0, 0.05) is 31.0 Å². The van der Waals surface area contributed by atoms with Crippen LogP contribution < -0.4 is 10.1 Å². The van der Waals surface area contributed by atoms with Crippen LogP contribution in [-0.2, 0) is 17.4 Å². The maximum atomic E-state index is 8.45. The van der Waals surface area contributed by atoms with Crippen LogP contribution in [0, 0.1) is 0 Å². The van der Waals surface area contributed by atoms with E-state index in [1.165, 1.54) is 17.5 Å². The highest BCUT2D eigenvalue weighted by Crippen LogP contribution is 2.29. The minimum absolute atomic E-state index is 0.160. The Labute approximate surface area is 192 Å². The molecule has 5 heteroatoms. The molecule has 0 amide bonds. The monoisotopic (exact) mass is 435 g/mol. The summed E-state index contributed by atoms with van der Waals surface area (Å²) in [5, 5.41) is 11.5. The van der Waals surface area contributed by atoms with Gasteiger partial charge in [0.25, 0.3) is 0 Å². The molecule has 0 radical (unpaired) electrons. The first-order chi connectivity index (χ1) is 15.1. The van der Waals surface area contributed by atoms with Crippen LogP contribution >= 0.6 is 0 Å². The van der Waals surface area contributed by atoms with E-state index in [0.29, 0.717) is 13.1 Å². The van der Waals surface area contributed by atoms with Gasteiger partial charge >= 0.3 is 0 Å². The topological polar surface area (TPSA) is 67.3 Å². The van der Waals surface area contributed by atoms with Crippen LogP contribution in [0.3, 0.4) is 0 Å². The smallest absolute Gasteiger partial charge is 0.127 e. The van der Waals surface area contributed by atoms with Crippen molar-refractivity contribution in [2.75, 3.05) is 13.2 Å². The van der Waals surface area contributed by atoms with Crippen LogP contribution in [0.2, 0.25) is 0 Å². The molecule has 2 N–H and O–H groups in total. The van der Waals surface area contributed by atoms with E-state index in [1.54, 1.807) is 12.4 Å². The number of ether oxygens (including phenoxy) is 1. The average Bonchev–Trinajstić information content (AvgIpc) is 2.75. The first-order valence-electron chi connectivity index (χ1n) is 11.0. The Kier molecular flexibility index (Phi) is 9.36. The molecule has 5 nitrogen and oxygen atoms in total. The number of aromatic nitrogens is 2. The highest BCUT2D eigenvalue weighted by Gasteiger charge is 2.14. The van der Waals surface area contributed by atoms with Crippen molar-refractivity contribution in [1.29, 1.82) is 0 Å². The predicted octanol–water partition coefficient (Wildman–Crippen LogP) is 5.63. The fourth-order valence-electron chi connectivity index (χ4n) is 2.92. The second kappa shape index (κ2) is 11.7. The Morgan fingerprint density at radius 2 is 1.19 bits per heavy atom. The van der Waals surface area contributed by atoms with E-state index in [4.69, 9.17) is 9.84 Å². The Morgan fingerprint density at radius 3 is 1.56 bits per heavy atom. The molecule has 0 spiro atoms. The zero-order chi connectivity index (χ0) is 23.6. The van der Waals surface area contributed by atoms with Crippen molar-refractivity contribution in [3.05, 3.63) is 83.9 Å². The van der Waals surface area contributed by atoms with Crippen molar-refractivity contribution in [3.63, 3.8) is 0 Å². The highest BCUT2D eigenvalue weighted by atomic mass is 16.5. The molecule has 2 aromatic carbocycles. The maximum absolute atomic E-state index is 8.45. The van der Waals surface area contributed by atoms with Crippen molar-refractivity contribution >= 4 is 0 Å². The molecule has 0 aliphatic heterocycles. The quantitative estimate of drug-likeness (QED) is 0.491. The predicted molar refractivity (Wildman–Crippen MR) is 131 cm³/mol. The van der Waals surface area contributed by atoms with Gasteiger partial charge in [-0.3, -0.25) is 0 Å². The molecule has 1 heterocycles. The Morgan fingerprint density at radius 1 is 0.750 bits per heavy atom. The summed E-state index contributed by atoms with van der Waals surface area (Å²) in [7, 11) is 0. The number of hydrogen-bond acceptors (Lipinski definition) is 5. The Bertz CT molecular complexity index is 855. The Balaban J connectivity index is 0.000000278. The molecule has 0 unspecified atom stereocenters. The number of benzene rings is 2. The SMILES string of the molecule is CC(C)(C)c1ccc(Oc2ccc(C(C)(C)C)cc2)cc1.OCCNCc1cncnc1. The van der Waals surface area contributed by atoms with Gasteiger partial charge in [-0.2, -0.15) is 0 Å². The zero-order valence-electron chi connectivity index (χ0n) is 20.2. The van der Waals surface area contributed by atoms with Crippen molar-refractivity contribution in [2.45, 2.75) is 58.9 Å². The summed E-state index contributed by atoms with van der Waals surface area (Å²) in [5.41, 5.74) is 4.01. The van der Waals surface area contributed by atoms with Gasteiger partial charge in [-0.25, -0.2) is 9.97 Å². The molecule has 0 saturated heterocycles. The summed E-state index contributed by atoms with van der Waals surface area (Å²) in [5.74, 6) is 1.76. The summed E-state index contributed by atoms with van der Waals surface area (Å²) in [4.78, 5) is 7.70. The molecule has 3 aromatic rings. The van der Waals surface area contributed by atoms with Crippen LogP contribution in [-0.4, -0.2) is 28.2 Å². The van der Waals surface area contributed by atoms with Crippen LogP contribution in [0.5, 0.6) is 11.5 Å². The van der Waals surface area contributed by atoms with Crippen molar-refractivity contribution in [1.82, 2.24) is 15.3 Å². The van der Waals surface area contributed by atoms with Gasteiger partial charge in [0.2, 0.25) is 0 Å². The molecule has 0 aliphatic rings. The third-order valence-corrected chi connectivity index (χ3v) is 4.91. The molecule has 0 saturated carbocycles. The molecular formula is C27H37N3O2. The molecule has 0 bridgehead atoms. The van der Waals surface area contributed by atoms with Crippen LogP contribution in [0.1, 0.15) is 58.2 Å². The number of aliphatic hydroxyl groups excluding tert-OH is 1. The Hall–Kier alpha value is -2.76. The van der Waals surface area contributed by atoms with Crippen LogP contribution in [0.4, 0.5) is 0 Å². The van der Waals surface area contributed by atoms with E-state index < -0.39 is 0 Å². The standard InChI is InChI=1S/C20H26O.C7H11N3O/c1-19(2,3)15-7-11-17(12-8-15)21-18-13-9-16(10-14-18)20(4,5)6;11-2-1-8-3-7-4-9-6-10-5-7/h7-14H,1-6H3;4-6,8,11H,1-3H2. The number of nitrogens with zero attached hydrogens (tertiary/aromatic N) is 2. The summed E-state index contributed by atoms with van der Waals surface area (Å²) in [6.45, 7) is 14.8. The summed E-state index contributed by atoms with van der Waals surface area (Å²) in [6, 6.07) is 16.7.